The molecule has 2 rings (SSSR count). The van der Waals surface area contributed by atoms with Crippen molar-refractivity contribution >= 4 is 5.96 Å². The van der Waals surface area contributed by atoms with E-state index in [0.717, 1.165) is 31.4 Å². The van der Waals surface area contributed by atoms with E-state index in [-0.39, 0.29) is 0 Å². The van der Waals surface area contributed by atoms with Gasteiger partial charge in [-0.1, -0.05) is 36.8 Å². The summed E-state index contributed by atoms with van der Waals surface area (Å²) in [6.45, 7) is 8.26. The molecule has 0 radical (unpaired) electrons. The SMILES string of the molecule is CCNC(=NCCc1cccc(C)c1)NC1CC1C. The first-order valence-corrected chi connectivity index (χ1v) is 7.29. The molecule has 1 aliphatic rings. The van der Waals surface area contributed by atoms with E-state index in [1.807, 2.05) is 0 Å². The van der Waals surface area contributed by atoms with Crippen molar-refractivity contribution in [3.8, 4) is 0 Å². The number of guanidine groups is 1. The summed E-state index contributed by atoms with van der Waals surface area (Å²) in [7, 11) is 0. The third kappa shape index (κ3) is 4.58. The van der Waals surface area contributed by atoms with Crippen molar-refractivity contribution in [2.24, 2.45) is 10.9 Å². The Morgan fingerprint density at radius 3 is 2.84 bits per heavy atom. The van der Waals surface area contributed by atoms with E-state index in [1.54, 1.807) is 0 Å². The van der Waals surface area contributed by atoms with Crippen molar-refractivity contribution in [2.45, 2.75) is 39.7 Å². The van der Waals surface area contributed by atoms with E-state index in [0.29, 0.717) is 6.04 Å². The van der Waals surface area contributed by atoms with E-state index in [9.17, 15) is 0 Å². The van der Waals surface area contributed by atoms with Crippen LogP contribution in [0.1, 0.15) is 31.4 Å². The predicted octanol–water partition coefficient (Wildman–Crippen LogP) is 2.50. The second kappa shape index (κ2) is 6.60. The highest BCUT2D eigenvalue weighted by Crippen LogP contribution is 2.28. The smallest absolute Gasteiger partial charge is 0.191 e. The Labute approximate surface area is 116 Å². The fourth-order valence-corrected chi connectivity index (χ4v) is 2.18. The number of aryl methyl sites for hydroxylation is 1. The monoisotopic (exact) mass is 259 g/mol. The molecule has 0 aromatic heterocycles. The molecule has 0 spiro atoms. The summed E-state index contributed by atoms with van der Waals surface area (Å²) < 4.78 is 0. The Kier molecular flexibility index (Phi) is 4.83. The van der Waals surface area contributed by atoms with E-state index in [4.69, 9.17) is 0 Å². The summed E-state index contributed by atoms with van der Waals surface area (Å²) in [6, 6.07) is 9.28. The van der Waals surface area contributed by atoms with Crippen LogP contribution in [0.5, 0.6) is 0 Å². The van der Waals surface area contributed by atoms with Crippen LogP contribution in [0.4, 0.5) is 0 Å². The number of hydrogen-bond acceptors (Lipinski definition) is 1. The maximum Gasteiger partial charge on any atom is 0.191 e. The Morgan fingerprint density at radius 1 is 1.42 bits per heavy atom. The van der Waals surface area contributed by atoms with Crippen LogP contribution in [0.2, 0.25) is 0 Å². The fourth-order valence-electron chi connectivity index (χ4n) is 2.18. The second-order valence-corrected chi connectivity index (χ2v) is 5.46. The number of rotatable bonds is 5. The van der Waals surface area contributed by atoms with Crippen molar-refractivity contribution in [1.82, 2.24) is 10.6 Å². The molecule has 1 saturated carbocycles. The van der Waals surface area contributed by atoms with Crippen LogP contribution in [-0.2, 0) is 6.42 Å². The molecule has 3 heteroatoms. The summed E-state index contributed by atoms with van der Waals surface area (Å²) in [6.07, 6.45) is 2.26. The number of benzene rings is 1. The summed E-state index contributed by atoms with van der Waals surface area (Å²) in [5, 5.41) is 6.79. The molecule has 0 amide bonds. The maximum atomic E-state index is 4.65. The summed E-state index contributed by atoms with van der Waals surface area (Å²) in [5.41, 5.74) is 2.68. The van der Waals surface area contributed by atoms with Crippen LogP contribution in [0.25, 0.3) is 0 Å². The maximum absolute atomic E-state index is 4.65. The zero-order valence-electron chi connectivity index (χ0n) is 12.2. The first kappa shape index (κ1) is 13.9. The van der Waals surface area contributed by atoms with Crippen LogP contribution in [0.15, 0.2) is 29.3 Å². The molecule has 3 nitrogen and oxygen atoms in total. The van der Waals surface area contributed by atoms with E-state index >= 15 is 0 Å². The highest BCUT2D eigenvalue weighted by molar-refractivity contribution is 5.80. The molecule has 2 N–H and O–H groups in total. The minimum atomic E-state index is 0.622. The number of nitrogens with zero attached hydrogens (tertiary/aromatic N) is 1. The van der Waals surface area contributed by atoms with Crippen LogP contribution >= 0.6 is 0 Å². The molecule has 1 aliphatic carbocycles. The van der Waals surface area contributed by atoms with Gasteiger partial charge in [-0.25, -0.2) is 0 Å². The normalized spacial score (nSPS) is 22.2. The molecule has 104 valence electrons. The van der Waals surface area contributed by atoms with Crippen molar-refractivity contribution in [2.75, 3.05) is 13.1 Å². The van der Waals surface area contributed by atoms with Crippen molar-refractivity contribution in [1.29, 1.82) is 0 Å². The van der Waals surface area contributed by atoms with Gasteiger partial charge in [0, 0.05) is 19.1 Å². The summed E-state index contributed by atoms with van der Waals surface area (Å²) in [4.78, 5) is 4.65. The van der Waals surface area contributed by atoms with Gasteiger partial charge >= 0.3 is 0 Å². The summed E-state index contributed by atoms with van der Waals surface area (Å²) in [5.74, 6) is 1.75. The molecular weight excluding hydrogens is 234 g/mol. The van der Waals surface area contributed by atoms with Gasteiger partial charge in [0.1, 0.15) is 0 Å². The topological polar surface area (TPSA) is 36.4 Å². The molecule has 2 unspecified atom stereocenters. The van der Waals surface area contributed by atoms with Gasteiger partial charge in [0.15, 0.2) is 5.96 Å². The van der Waals surface area contributed by atoms with E-state index in [2.05, 4.69) is 60.7 Å². The van der Waals surface area contributed by atoms with Crippen LogP contribution < -0.4 is 10.6 Å². The number of hydrogen-bond donors (Lipinski definition) is 2. The number of aliphatic imine (C=N–C) groups is 1. The zero-order chi connectivity index (χ0) is 13.7. The van der Waals surface area contributed by atoms with Gasteiger partial charge in [-0.2, -0.15) is 0 Å². The molecule has 1 aromatic carbocycles. The minimum Gasteiger partial charge on any atom is -0.357 e. The summed E-state index contributed by atoms with van der Waals surface area (Å²) >= 11 is 0. The molecule has 1 fully saturated rings. The average Bonchev–Trinajstić information content (AvgIpc) is 3.05. The van der Waals surface area contributed by atoms with Crippen LogP contribution in [-0.4, -0.2) is 25.1 Å². The van der Waals surface area contributed by atoms with Gasteiger partial charge in [-0.3, -0.25) is 4.99 Å². The lowest BCUT2D eigenvalue weighted by molar-refractivity contribution is 0.765. The molecule has 0 heterocycles. The lowest BCUT2D eigenvalue weighted by Gasteiger charge is -2.10. The Bertz CT molecular complexity index is 439. The molecule has 1 aromatic rings. The van der Waals surface area contributed by atoms with Gasteiger partial charge in [-0.15, -0.1) is 0 Å². The molecule has 19 heavy (non-hydrogen) atoms. The van der Waals surface area contributed by atoms with Gasteiger partial charge in [0.2, 0.25) is 0 Å². The molecule has 0 saturated heterocycles. The third-order valence-electron chi connectivity index (χ3n) is 3.53. The first-order valence-electron chi connectivity index (χ1n) is 7.29. The van der Waals surface area contributed by atoms with Crippen LogP contribution in [0.3, 0.4) is 0 Å². The first-order chi connectivity index (χ1) is 9.19. The second-order valence-electron chi connectivity index (χ2n) is 5.46. The van der Waals surface area contributed by atoms with Gasteiger partial charge in [0.05, 0.1) is 0 Å². The Hall–Kier alpha value is -1.51. The quantitative estimate of drug-likeness (QED) is 0.629. The van der Waals surface area contributed by atoms with Gasteiger partial charge < -0.3 is 10.6 Å². The highest BCUT2D eigenvalue weighted by Gasteiger charge is 2.33. The Morgan fingerprint density at radius 2 is 2.21 bits per heavy atom. The van der Waals surface area contributed by atoms with Crippen LogP contribution in [0, 0.1) is 12.8 Å². The van der Waals surface area contributed by atoms with E-state index < -0.39 is 0 Å². The standard InChI is InChI=1S/C16H25N3/c1-4-17-16(19-15-11-13(15)3)18-9-8-14-7-5-6-12(2)10-14/h5-7,10,13,15H,4,8-9,11H2,1-3H3,(H2,17,18,19). The molecule has 0 aliphatic heterocycles. The fraction of sp³-hybridized carbons (Fsp3) is 0.562. The van der Waals surface area contributed by atoms with Gasteiger partial charge in [0.25, 0.3) is 0 Å². The average molecular weight is 259 g/mol. The highest BCUT2D eigenvalue weighted by atomic mass is 15.2. The predicted molar refractivity (Wildman–Crippen MR) is 81.6 cm³/mol. The Balaban J connectivity index is 1.83. The minimum absolute atomic E-state index is 0.622. The zero-order valence-corrected chi connectivity index (χ0v) is 12.2. The lowest BCUT2D eigenvalue weighted by atomic mass is 10.1. The molecule has 0 bridgehead atoms. The van der Waals surface area contributed by atoms with Gasteiger partial charge in [-0.05, 0) is 38.2 Å². The van der Waals surface area contributed by atoms with E-state index in [1.165, 1.54) is 17.5 Å². The largest absolute Gasteiger partial charge is 0.357 e. The van der Waals surface area contributed by atoms with Crippen molar-refractivity contribution < 1.29 is 0 Å². The van der Waals surface area contributed by atoms with Crippen molar-refractivity contribution in [3.05, 3.63) is 35.4 Å². The molecule has 2 atom stereocenters. The number of nitrogens with one attached hydrogen (secondary N) is 2. The lowest BCUT2D eigenvalue weighted by Crippen LogP contribution is -2.39. The van der Waals surface area contributed by atoms with Crippen molar-refractivity contribution in [3.63, 3.8) is 0 Å². The molecular formula is C16H25N3. The third-order valence-corrected chi connectivity index (χ3v) is 3.53.